The molecule has 1 saturated carbocycles. The SMILES string of the molecule is C#CCOc1cc(CN=C(NCC)NC2CCN(C(=O)C3CCCCC3)C2)ccc1OC. The number of carbonyl (C=O) groups is 1. The molecular formula is C25H36N4O3. The Morgan fingerprint density at radius 1 is 1.25 bits per heavy atom. The molecule has 1 aliphatic heterocycles. The third-order valence-electron chi connectivity index (χ3n) is 6.10. The number of methoxy groups -OCH3 is 1. The van der Waals surface area contributed by atoms with Gasteiger partial charge in [-0.05, 0) is 43.9 Å². The molecule has 0 bridgehead atoms. The number of nitrogens with one attached hydrogen (secondary N) is 2. The predicted molar refractivity (Wildman–Crippen MR) is 127 cm³/mol. The highest BCUT2D eigenvalue weighted by Gasteiger charge is 2.31. The van der Waals surface area contributed by atoms with Crippen molar-refractivity contribution in [1.82, 2.24) is 15.5 Å². The summed E-state index contributed by atoms with van der Waals surface area (Å²) in [5.74, 6) is 5.06. The maximum Gasteiger partial charge on any atom is 0.225 e. The molecule has 1 unspecified atom stereocenters. The van der Waals surface area contributed by atoms with Crippen molar-refractivity contribution < 1.29 is 14.3 Å². The number of nitrogens with zero attached hydrogens (tertiary/aromatic N) is 2. The van der Waals surface area contributed by atoms with Crippen molar-refractivity contribution in [1.29, 1.82) is 0 Å². The molecule has 1 aromatic rings. The second-order valence-corrected chi connectivity index (χ2v) is 8.42. The Morgan fingerprint density at radius 2 is 2.06 bits per heavy atom. The lowest BCUT2D eigenvalue weighted by Gasteiger charge is -2.26. The summed E-state index contributed by atoms with van der Waals surface area (Å²) in [7, 11) is 1.60. The van der Waals surface area contributed by atoms with Gasteiger partial charge in [-0.25, -0.2) is 4.99 Å². The molecule has 0 aromatic heterocycles. The minimum atomic E-state index is 0.186. The third-order valence-corrected chi connectivity index (χ3v) is 6.10. The lowest BCUT2D eigenvalue weighted by molar-refractivity contribution is -0.135. The van der Waals surface area contributed by atoms with E-state index < -0.39 is 0 Å². The number of guanidine groups is 1. The Kier molecular flexibility index (Phi) is 9.09. The summed E-state index contributed by atoms with van der Waals surface area (Å²) in [5, 5.41) is 6.82. The lowest BCUT2D eigenvalue weighted by Crippen LogP contribution is -2.45. The minimum absolute atomic E-state index is 0.186. The standard InChI is InChI=1S/C25H36N4O3/c1-4-15-32-23-16-19(11-12-22(23)31-3)17-27-25(26-5-2)28-21-13-14-29(18-21)24(30)20-9-7-6-8-10-20/h1,11-12,16,20-21H,5-10,13-15,17-18H2,2-3H3,(H2,26,27,28). The van der Waals surface area contributed by atoms with Crippen molar-refractivity contribution in [2.24, 2.45) is 10.9 Å². The number of carbonyl (C=O) groups excluding carboxylic acids is 1. The first-order valence-corrected chi connectivity index (χ1v) is 11.7. The number of hydrogen-bond donors (Lipinski definition) is 2. The van der Waals surface area contributed by atoms with E-state index in [0.717, 1.165) is 50.4 Å². The summed E-state index contributed by atoms with van der Waals surface area (Å²) in [6, 6.07) is 5.95. The molecule has 7 heteroatoms. The topological polar surface area (TPSA) is 75.2 Å². The zero-order chi connectivity index (χ0) is 22.8. The summed E-state index contributed by atoms with van der Waals surface area (Å²) in [6.45, 7) is 5.05. The number of hydrogen-bond acceptors (Lipinski definition) is 4. The normalized spacial score (nSPS) is 19.3. The maximum atomic E-state index is 12.8. The van der Waals surface area contributed by atoms with Crippen LogP contribution in [0.15, 0.2) is 23.2 Å². The van der Waals surface area contributed by atoms with Gasteiger partial charge in [0.1, 0.15) is 6.61 Å². The van der Waals surface area contributed by atoms with Crippen LogP contribution in [0.2, 0.25) is 0 Å². The fraction of sp³-hybridized carbons (Fsp3) is 0.600. The van der Waals surface area contributed by atoms with Crippen molar-refractivity contribution in [2.75, 3.05) is 33.4 Å². The van der Waals surface area contributed by atoms with E-state index in [9.17, 15) is 4.79 Å². The predicted octanol–water partition coefficient (Wildman–Crippen LogP) is 2.94. The number of rotatable bonds is 8. The van der Waals surface area contributed by atoms with Crippen LogP contribution in [0.4, 0.5) is 0 Å². The van der Waals surface area contributed by atoms with Gasteiger partial charge in [-0.3, -0.25) is 4.79 Å². The van der Waals surface area contributed by atoms with Crippen molar-refractivity contribution in [3.8, 4) is 23.8 Å². The minimum Gasteiger partial charge on any atom is -0.493 e. The lowest BCUT2D eigenvalue weighted by atomic mass is 9.88. The van der Waals surface area contributed by atoms with Crippen LogP contribution >= 0.6 is 0 Å². The van der Waals surface area contributed by atoms with Crippen LogP contribution in [0.3, 0.4) is 0 Å². The molecule has 0 radical (unpaired) electrons. The second-order valence-electron chi connectivity index (χ2n) is 8.42. The summed E-state index contributed by atoms with van der Waals surface area (Å²) >= 11 is 0. The van der Waals surface area contributed by atoms with Gasteiger partial charge in [0.05, 0.1) is 13.7 Å². The fourth-order valence-electron chi connectivity index (χ4n) is 4.42. The molecule has 2 fully saturated rings. The molecule has 1 aliphatic carbocycles. The quantitative estimate of drug-likeness (QED) is 0.369. The van der Waals surface area contributed by atoms with Gasteiger partial charge >= 0.3 is 0 Å². The molecule has 32 heavy (non-hydrogen) atoms. The summed E-state index contributed by atoms with van der Waals surface area (Å²) in [5.41, 5.74) is 0.996. The van der Waals surface area contributed by atoms with E-state index in [-0.39, 0.29) is 18.6 Å². The summed E-state index contributed by atoms with van der Waals surface area (Å²) in [6.07, 6.45) is 12.0. The van der Waals surface area contributed by atoms with Gasteiger partial charge in [0.25, 0.3) is 0 Å². The molecule has 0 spiro atoms. The van der Waals surface area contributed by atoms with E-state index in [1.807, 2.05) is 30.0 Å². The zero-order valence-electron chi connectivity index (χ0n) is 19.4. The van der Waals surface area contributed by atoms with E-state index in [2.05, 4.69) is 16.6 Å². The van der Waals surface area contributed by atoms with Crippen molar-refractivity contribution in [3.63, 3.8) is 0 Å². The molecular weight excluding hydrogens is 404 g/mol. The van der Waals surface area contributed by atoms with Gasteiger partial charge in [0, 0.05) is 31.6 Å². The molecule has 174 valence electrons. The molecule has 2 aliphatic rings. The van der Waals surface area contributed by atoms with Crippen LogP contribution in [0, 0.1) is 18.3 Å². The van der Waals surface area contributed by atoms with Crippen LogP contribution in [-0.2, 0) is 11.3 Å². The van der Waals surface area contributed by atoms with E-state index in [0.29, 0.717) is 24.0 Å². The van der Waals surface area contributed by atoms with Gasteiger partial charge in [-0.2, -0.15) is 0 Å². The van der Waals surface area contributed by atoms with E-state index in [4.69, 9.17) is 20.9 Å². The zero-order valence-corrected chi connectivity index (χ0v) is 19.4. The molecule has 1 saturated heterocycles. The van der Waals surface area contributed by atoms with Crippen LogP contribution in [-0.4, -0.2) is 56.2 Å². The third kappa shape index (κ3) is 6.56. The van der Waals surface area contributed by atoms with Crippen LogP contribution in [0.25, 0.3) is 0 Å². The number of ether oxygens (including phenoxy) is 2. The Balaban J connectivity index is 1.58. The van der Waals surface area contributed by atoms with Crippen molar-refractivity contribution in [2.45, 2.75) is 58.0 Å². The first-order valence-electron chi connectivity index (χ1n) is 11.7. The molecule has 2 N–H and O–H groups in total. The van der Waals surface area contributed by atoms with E-state index in [1.54, 1.807) is 7.11 Å². The average molecular weight is 441 g/mol. The Morgan fingerprint density at radius 3 is 2.78 bits per heavy atom. The first kappa shape index (κ1) is 23.8. The highest BCUT2D eigenvalue weighted by atomic mass is 16.5. The Labute approximate surface area is 191 Å². The molecule has 1 heterocycles. The van der Waals surface area contributed by atoms with Crippen molar-refractivity contribution >= 4 is 11.9 Å². The first-order chi connectivity index (χ1) is 15.6. The van der Waals surface area contributed by atoms with Crippen LogP contribution in [0.5, 0.6) is 11.5 Å². The van der Waals surface area contributed by atoms with Gasteiger partial charge in [0.2, 0.25) is 5.91 Å². The van der Waals surface area contributed by atoms with E-state index >= 15 is 0 Å². The highest BCUT2D eigenvalue weighted by Crippen LogP contribution is 2.28. The molecule has 1 atom stereocenters. The number of amides is 1. The molecule has 3 rings (SSSR count). The smallest absolute Gasteiger partial charge is 0.225 e. The van der Waals surface area contributed by atoms with Gasteiger partial charge < -0.3 is 25.0 Å². The van der Waals surface area contributed by atoms with Gasteiger partial charge in [0.15, 0.2) is 17.5 Å². The molecule has 1 aromatic carbocycles. The second kappa shape index (κ2) is 12.2. The van der Waals surface area contributed by atoms with E-state index in [1.165, 1.54) is 19.3 Å². The fourth-order valence-corrected chi connectivity index (χ4v) is 4.42. The van der Waals surface area contributed by atoms with Crippen molar-refractivity contribution in [3.05, 3.63) is 23.8 Å². The highest BCUT2D eigenvalue weighted by molar-refractivity contribution is 5.81. The number of likely N-dealkylation sites (tertiary alicyclic amines) is 1. The van der Waals surface area contributed by atoms with Gasteiger partial charge in [-0.15, -0.1) is 6.42 Å². The van der Waals surface area contributed by atoms with Crippen LogP contribution < -0.4 is 20.1 Å². The number of terminal acetylenes is 1. The maximum absolute atomic E-state index is 12.8. The monoisotopic (exact) mass is 440 g/mol. The summed E-state index contributed by atoms with van der Waals surface area (Å²) in [4.78, 5) is 19.6. The molecule has 1 amide bonds. The number of aliphatic imine (C=N–C) groups is 1. The van der Waals surface area contributed by atoms with Gasteiger partial charge in [-0.1, -0.05) is 31.2 Å². The Hall–Kier alpha value is -2.88. The average Bonchev–Trinajstić information content (AvgIpc) is 3.30. The number of benzene rings is 1. The largest absolute Gasteiger partial charge is 0.493 e. The Bertz CT molecular complexity index is 827. The molecule has 7 nitrogen and oxygen atoms in total. The van der Waals surface area contributed by atoms with Crippen LogP contribution in [0.1, 0.15) is 51.0 Å². The summed E-state index contributed by atoms with van der Waals surface area (Å²) < 4.78 is 10.9.